The lowest BCUT2D eigenvalue weighted by Gasteiger charge is -2.00. The van der Waals surface area contributed by atoms with Gasteiger partial charge in [-0.2, -0.15) is 0 Å². The summed E-state index contributed by atoms with van der Waals surface area (Å²) in [6, 6.07) is 10.7. The standard InChI is InChI=1S/C18H11Cl2N3O4/c19-12-5-3-6-13(20)11(12)9-15-18(25)21-14(17(24)22-15)8-10-4-1-2-7-16(10)23(26)27/h1-9H,(H,21,25)(H,22,24)/b14-8-,15-9-. The van der Waals surface area contributed by atoms with E-state index in [0.29, 0.717) is 15.6 Å². The van der Waals surface area contributed by atoms with Crippen molar-refractivity contribution in [2.24, 2.45) is 0 Å². The van der Waals surface area contributed by atoms with Gasteiger partial charge in [0.05, 0.1) is 10.5 Å². The topological polar surface area (TPSA) is 109 Å². The molecule has 7 nitrogen and oxygen atoms in total. The number of halogens is 2. The fourth-order valence-electron chi connectivity index (χ4n) is 2.42. The number of rotatable bonds is 3. The first-order valence-corrected chi connectivity index (χ1v) is 8.36. The summed E-state index contributed by atoms with van der Waals surface area (Å²) in [6.07, 6.45) is 2.60. The van der Waals surface area contributed by atoms with E-state index in [0.717, 1.165) is 0 Å². The van der Waals surface area contributed by atoms with Gasteiger partial charge < -0.3 is 9.97 Å². The predicted octanol–water partition coefficient (Wildman–Crippen LogP) is 1.94. The quantitative estimate of drug-likeness (QED) is 0.514. The van der Waals surface area contributed by atoms with Crippen molar-refractivity contribution in [1.82, 2.24) is 9.97 Å². The zero-order valence-corrected chi connectivity index (χ0v) is 15.0. The molecular weight excluding hydrogens is 393 g/mol. The van der Waals surface area contributed by atoms with Crippen molar-refractivity contribution in [2.45, 2.75) is 0 Å². The molecule has 136 valence electrons. The van der Waals surface area contributed by atoms with Gasteiger partial charge in [-0.05, 0) is 30.4 Å². The third kappa shape index (κ3) is 3.99. The van der Waals surface area contributed by atoms with Gasteiger partial charge in [0.15, 0.2) is 0 Å². The molecule has 2 aromatic carbocycles. The number of benzene rings is 2. The molecule has 0 spiro atoms. The van der Waals surface area contributed by atoms with Gasteiger partial charge in [-0.3, -0.25) is 19.7 Å². The Kier molecular flexibility index (Phi) is 5.25. The maximum Gasteiger partial charge on any atom is 0.276 e. The highest BCUT2D eigenvalue weighted by Crippen LogP contribution is 2.24. The van der Waals surface area contributed by atoms with Crippen LogP contribution in [0.15, 0.2) is 52.1 Å². The number of nitro groups is 1. The van der Waals surface area contributed by atoms with Gasteiger partial charge in [-0.15, -0.1) is 0 Å². The predicted molar refractivity (Wildman–Crippen MR) is 104 cm³/mol. The lowest BCUT2D eigenvalue weighted by molar-refractivity contribution is -0.385. The Morgan fingerprint density at radius 3 is 2.00 bits per heavy atom. The Labute approximate surface area is 161 Å². The Morgan fingerprint density at radius 1 is 0.852 bits per heavy atom. The summed E-state index contributed by atoms with van der Waals surface area (Å²) in [4.78, 5) is 40.0. The molecule has 0 saturated carbocycles. The highest BCUT2D eigenvalue weighted by molar-refractivity contribution is 6.37. The number of H-pyrrole nitrogens is 2. The van der Waals surface area contributed by atoms with Gasteiger partial charge in [0.25, 0.3) is 16.8 Å². The normalized spacial score (nSPS) is 12.4. The van der Waals surface area contributed by atoms with Crippen molar-refractivity contribution in [3.63, 3.8) is 0 Å². The van der Waals surface area contributed by atoms with Gasteiger partial charge >= 0.3 is 0 Å². The molecule has 0 aliphatic rings. The van der Waals surface area contributed by atoms with Crippen LogP contribution in [0.1, 0.15) is 11.1 Å². The van der Waals surface area contributed by atoms with Crippen LogP contribution in [0.2, 0.25) is 10.0 Å². The third-order valence-corrected chi connectivity index (χ3v) is 4.37. The van der Waals surface area contributed by atoms with Crippen LogP contribution in [-0.2, 0) is 0 Å². The smallest absolute Gasteiger partial charge is 0.276 e. The zero-order valence-electron chi connectivity index (χ0n) is 13.5. The summed E-state index contributed by atoms with van der Waals surface area (Å²) in [7, 11) is 0. The number of nitrogens with one attached hydrogen (secondary N) is 2. The summed E-state index contributed by atoms with van der Waals surface area (Å²) in [6.45, 7) is 0. The molecule has 0 unspecified atom stereocenters. The zero-order chi connectivity index (χ0) is 19.6. The second kappa shape index (κ2) is 7.61. The molecule has 0 atom stereocenters. The summed E-state index contributed by atoms with van der Waals surface area (Å²) in [5.41, 5.74) is -0.833. The number of nitro benzene ring substituents is 1. The van der Waals surface area contributed by atoms with Crippen molar-refractivity contribution in [2.75, 3.05) is 0 Å². The second-order valence-electron chi connectivity index (χ2n) is 5.48. The average molecular weight is 404 g/mol. The molecule has 1 aromatic heterocycles. The van der Waals surface area contributed by atoms with Crippen molar-refractivity contribution in [3.8, 4) is 0 Å². The molecule has 0 radical (unpaired) electrons. The largest absolute Gasteiger partial charge is 0.316 e. The van der Waals surface area contributed by atoms with Crippen LogP contribution >= 0.6 is 23.2 Å². The number of para-hydroxylation sites is 1. The van der Waals surface area contributed by atoms with E-state index in [1.165, 1.54) is 30.4 Å². The van der Waals surface area contributed by atoms with Crippen LogP contribution in [0, 0.1) is 10.1 Å². The average Bonchev–Trinajstić information content (AvgIpc) is 2.62. The number of aromatic amines is 2. The van der Waals surface area contributed by atoms with E-state index in [1.807, 2.05) is 0 Å². The number of hydrogen-bond donors (Lipinski definition) is 2. The van der Waals surface area contributed by atoms with E-state index in [1.54, 1.807) is 24.3 Å². The van der Waals surface area contributed by atoms with Gasteiger partial charge in [-0.1, -0.05) is 41.4 Å². The molecular formula is C18H11Cl2N3O4. The van der Waals surface area contributed by atoms with E-state index < -0.39 is 16.0 Å². The fraction of sp³-hybridized carbons (Fsp3) is 0. The molecule has 0 aliphatic heterocycles. The van der Waals surface area contributed by atoms with E-state index in [9.17, 15) is 19.7 Å². The molecule has 0 bridgehead atoms. The molecule has 9 heteroatoms. The van der Waals surface area contributed by atoms with E-state index in [2.05, 4.69) is 9.97 Å². The van der Waals surface area contributed by atoms with Crippen LogP contribution in [0.25, 0.3) is 12.2 Å². The van der Waals surface area contributed by atoms with Gasteiger partial charge in [0, 0.05) is 21.7 Å². The second-order valence-corrected chi connectivity index (χ2v) is 6.29. The van der Waals surface area contributed by atoms with Crippen LogP contribution in [0.4, 0.5) is 5.69 Å². The number of aromatic nitrogens is 2. The Balaban J connectivity index is 2.21. The first-order chi connectivity index (χ1) is 12.9. The molecule has 0 amide bonds. The van der Waals surface area contributed by atoms with Crippen molar-refractivity contribution < 1.29 is 4.92 Å². The van der Waals surface area contributed by atoms with Gasteiger partial charge in [-0.25, -0.2) is 0 Å². The Hall–Kier alpha value is -3.16. The summed E-state index contributed by atoms with van der Waals surface area (Å²) in [5.74, 6) is 0. The van der Waals surface area contributed by atoms with Crippen molar-refractivity contribution >= 4 is 41.0 Å². The van der Waals surface area contributed by atoms with E-state index >= 15 is 0 Å². The summed E-state index contributed by atoms with van der Waals surface area (Å²) < 4.78 is 0. The van der Waals surface area contributed by atoms with Gasteiger partial charge in [0.2, 0.25) is 0 Å². The lowest BCUT2D eigenvalue weighted by atomic mass is 10.1. The number of nitrogens with zero attached hydrogens (tertiary/aromatic N) is 1. The molecule has 3 aromatic rings. The third-order valence-electron chi connectivity index (χ3n) is 3.71. The maximum atomic E-state index is 12.3. The summed E-state index contributed by atoms with van der Waals surface area (Å²) in [5, 5.41) is 11.6. The van der Waals surface area contributed by atoms with E-state index in [-0.39, 0.29) is 21.9 Å². The van der Waals surface area contributed by atoms with Crippen LogP contribution in [-0.4, -0.2) is 14.9 Å². The highest BCUT2D eigenvalue weighted by atomic mass is 35.5. The summed E-state index contributed by atoms with van der Waals surface area (Å²) >= 11 is 12.1. The van der Waals surface area contributed by atoms with Crippen LogP contribution in [0.5, 0.6) is 0 Å². The molecule has 0 saturated heterocycles. The van der Waals surface area contributed by atoms with Crippen LogP contribution in [0.3, 0.4) is 0 Å². The molecule has 0 aliphatic carbocycles. The minimum atomic E-state index is -0.623. The number of hydrogen-bond acceptors (Lipinski definition) is 4. The molecule has 3 rings (SSSR count). The minimum Gasteiger partial charge on any atom is -0.316 e. The van der Waals surface area contributed by atoms with Crippen LogP contribution < -0.4 is 21.8 Å². The first kappa shape index (κ1) is 18.6. The molecule has 1 heterocycles. The fourth-order valence-corrected chi connectivity index (χ4v) is 2.93. The monoisotopic (exact) mass is 403 g/mol. The SMILES string of the molecule is O=c1[nH]/c(=C\c2c(Cl)cccc2Cl)c(=O)[nH]/c1=C\c1ccccc1[N+](=O)[O-]. The highest BCUT2D eigenvalue weighted by Gasteiger charge is 2.10. The minimum absolute atomic E-state index is 0.0466. The molecule has 27 heavy (non-hydrogen) atoms. The van der Waals surface area contributed by atoms with E-state index in [4.69, 9.17) is 23.2 Å². The molecule has 0 fully saturated rings. The first-order valence-electron chi connectivity index (χ1n) is 7.60. The van der Waals surface area contributed by atoms with Gasteiger partial charge in [0.1, 0.15) is 10.7 Å². The van der Waals surface area contributed by atoms with Crippen molar-refractivity contribution in [3.05, 3.63) is 105 Å². The lowest BCUT2D eigenvalue weighted by Crippen LogP contribution is -2.46. The molecule has 2 N–H and O–H groups in total. The van der Waals surface area contributed by atoms with Crippen molar-refractivity contribution in [1.29, 1.82) is 0 Å². The maximum absolute atomic E-state index is 12.3. The Bertz CT molecular complexity index is 1260. The Morgan fingerprint density at radius 2 is 1.41 bits per heavy atom.